The largest absolute Gasteiger partial charge is 0.300 e. The first kappa shape index (κ1) is 7.12. The molecule has 0 saturated heterocycles. The summed E-state index contributed by atoms with van der Waals surface area (Å²) in [6.45, 7) is 0. The Balaban J connectivity index is 2.27. The fourth-order valence-electron chi connectivity index (χ4n) is 1.06. The predicted octanol–water partition coefficient (Wildman–Crippen LogP) is 0.335. The van der Waals surface area contributed by atoms with Gasteiger partial charge in [0.15, 0.2) is 0 Å². The molecule has 2 heterocycles. The summed E-state index contributed by atoms with van der Waals surface area (Å²) in [6, 6.07) is 5.82. The topological polar surface area (TPSA) is 40.2 Å². The van der Waals surface area contributed by atoms with Crippen molar-refractivity contribution in [1.82, 2.24) is 21.0 Å². The van der Waals surface area contributed by atoms with Crippen LogP contribution in [0, 0.1) is 0 Å². The molecule has 4 nitrogen and oxygen atoms in total. The standard InChI is InChI=1S/C8H10N4/c1-12-6-8(10-11-12)7-4-2-3-5-9-7/h2-6,10-11H,1H3. The van der Waals surface area contributed by atoms with Crippen molar-refractivity contribution < 1.29 is 0 Å². The summed E-state index contributed by atoms with van der Waals surface area (Å²) in [5, 5.41) is 1.84. The average molecular weight is 162 g/mol. The fraction of sp³-hybridized carbons (Fsp3) is 0.125. The third kappa shape index (κ3) is 1.24. The number of nitrogens with one attached hydrogen (secondary N) is 2. The summed E-state index contributed by atoms with van der Waals surface area (Å²) in [4.78, 5) is 4.20. The molecule has 0 saturated carbocycles. The molecule has 1 aromatic rings. The number of nitrogens with zero attached hydrogens (tertiary/aromatic N) is 2. The van der Waals surface area contributed by atoms with Crippen LogP contribution in [0.4, 0.5) is 0 Å². The van der Waals surface area contributed by atoms with Crippen molar-refractivity contribution in [2.24, 2.45) is 0 Å². The van der Waals surface area contributed by atoms with Crippen LogP contribution in [0.5, 0.6) is 0 Å². The minimum atomic E-state index is 0.939. The van der Waals surface area contributed by atoms with Crippen LogP contribution < -0.4 is 11.0 Å². The predicted molar refractivity (Wildman–Crippen MR) is 46.2 cm³/mol. The maximum Gasteiger partial charge on any atom is 0.0936 e. The quantitative estimate of drug-likeness (QED) is 0.624. The van der Waals surface area contributed by atoms with Gasteiger partial charge in [0.1, 0.15) is 0 Å². The molecule has 4 heteroatoms. The lowest BCUT2D eigenvalue weighted by Crippen LogP contribution is -2.33. The Morgan fingerprint density at radius 1 is 1.42 bits per heavy atom. The van der Waals surface area contributed by atoms with Crippen LogP contribution in [0.3, 0.4) is 0 Å². The smallest absolute Gasteiger partial charge is 0.0936 e. The molecule has 1 aliphatic rings. The molecular weight excluding hydrogens is 152 g/mol. The summed E-state index contributed by atoms with van der Waals surface area (Å²) in [7, 11) is 1.92. The van der Waals surface area contributed by atoms with E-state index >= 15 is 0 Å². The van der Waals surface area contributed by atoms with Crippen molar-refractivity contribution in [2.75, 3.05) is 7.05 Å². The molecular formula is C8H10N4. The van der Waals surface area contributed by atoms with E-state index in [9.17, 15) is 0 Å². The van der Waals surface area contributed by atoms with E-state index in [1.807, 2.05) is 36.5 Å². The van der Waals surface area contributed by atoms with Gasteiger partial charge in [0, 0.05) is 19.4 Å². The molecule has 0 amide bonds. The SMILES string of the molecule is CN1C=C(c2ccccn2)NN1. The highest BCUT2D eigenvalue weighted by Crippen LogP contribution is 2.09. The minimum absolute atomic E-state index is 0.939. The van der Waals surface area contributed by atoms with Gasteiger partial charge in [-0.15, -0.1) is 5.53 Å². The van der Waals surface area contributed by atoms with E-state index in [4.69, 9.17) is 0 Å². The molecule has 12 heavy (non-hydrogen) atoms. The van der Waals surface area contributed by atoms with E-state index in [0.717, 1.165) is 11.4 Å². The highest BCUT2D eigenvalue weighted by molar-refractivity contribution is 5.60. The second kappa shape index (κ2) is 2.83. The average Bonchev–Trinajstić information content (AvgIpc) is 2.54. The molecule has 0 aromatic carbocycles. The normalized spacial score (nSPS) is 15.8. The van der Waals surface area contributed by atoms with Gasteiger partial charge in [-0.25, -0.2) is 0 Å². The van der Waals surface area contributed by atoms with Gasteiger partial charge in [-0.05, 0) is 12.1 Å². The molecule has 0 fully saturated rings. The van der Waals surface area contributed by atoms with E-state index in [-0.39, 0.29) is 0 Å². The molecule has 0 atom stereocenters. The van der Waals surface area contributed by atoms with Crippen molar-refractivity contribution in [3.63, 3.8) is 0 Å². The van der Waals surface area contributed by atoms with E-state index < -0.39 is 0 Å². The number of aromatic nitrogens is 1. The Bertz CT molecular complexity index is 293. The van der Waals surface area contributed by atoms with Gasteiger partial charge < -0.3 is 5.43 Å². The zero-order valence-corrected chi connectivity index (χ0v) is 6.78. The molecule has 0 spiro atoms. The van der Waals surface area contributed by atoms with E-state index in [0.29, 0.717) is 0 Å². The van der Waals surface area contributed by atoms with Crippen molar-refractivity contribution in [3.05, 3.63) is 36.3 Å². The highest BCUT2D eigenvalue weighted by atomic mass is 15.7. The Labute approximate surface area is 70.9 Å². The van der Waals surface area contributed by atoms with Gasteiger partial charge >= 0.3 is 0 Å². The summed E-state index contributed by atoms with van der Waals surface area (Å²) in [5.41, 5.74) is 7.84. The lowest BCUT2D eigenvalue weighted by Gasteiger charge is -2.05. The Morgan fingerprint density at radius 3 is 2.92 bits per heavy atom. The van der Waals surface area contributed by atoms with E-state index in [1.165, 1.54) is 0 Å². The second-order valence-electron chi connectivity index (χ2n) is 2.61. The van der Waals surface area contributed by atoms with Crippen molar-refractivity contribution in [1.29, 1.82) is 0 Å². The lowest BCUT2D eigenvalue weighted by atomic mass is 10.3. The molecule has 0 radical (unpaired) electrons. The molecule has 0 bridgehead atoms. The molecule has 0 aliphatic carbocycles. The van der Waals surface area contributed by atoms with Crippen molar-refractivity contribution in [2.45, 2.75) is 0 Å². The van der Waals surface area contributed by atoms with Crippen LogP contribution in [0.15, 0.2) is 30.6 Å². The summed E-state index contributed by atoms with van der Waals surface area (Å²) < 4.78 is 0. The van der Waals surface area contributed by atoms with E-state index in [2.05, 4.69) is 15.9 Å². The third-order valence-electron chi connectivity index (χ3n) is 1.63. The van der Waals surface area contributed by atoms with Crippen molar-refractivity contribution in [3.8, 4) is 0 Å². The van der Waals surface area contributed by atoms with Gasteiger partial charge in [0.2, 0.25) is 0 Å². The number of hydrazine groups is 2. The fourth-order valence-corrected chi connectivity index (χ4v) is 1.06. The van der Waals surface area contributed by atoms with Gasteiger partial charge in [0.05, 0.1) is 11.4 Å². The second-order valence-corrected chi connectivity index (χ2v) is 2.61. The van der Waals surface area contributed by atoms with Crippen molar-refractivity contribution >= 4 is 5.70 Å². The van der Waals surface area contributed by atoms with Crippen LogP contribution in [-0.4, -0.2) is 17.0 Å². The molecule has 1 aliphatic heterocycles. The van der Waals surface area contributed by atoms with Gasteiger partial charge in [-0.3, -0.25) is 9.99 Å². The Kier molecular flexibility index (Phi) is 1.68. The minimum Gasteiger partial charge on any atom is -0.300 e. The van der Waals surface area contributed by atoms with Gasteiger partial charge in [-0.1, -0.05) is 6.07 Å². The number of rotatable bonds is 1. The summed E-state index contributed by atoms with van der Waals surface area (Å²) >= 11 is 0. The van der Waals surface area contributed by atoms with Crippen LogP contribution in [0.1, 0.15) is 5.69 Å². The highest BCUT2D eigenvalue weighted by Gasteiger charge is 2.08. The zero-order chi connectivity index (χ0) is 8.39. The summed E-state index contributed by atoms with van der Waals surface area (Å²) in [6.07, 6.45) is 3.72. The molecule has 0 unspecified atom stereocenters. The van der Waals surface area contributed by atoms with Crippen LogP contribution in [0.2, 0.25) is 0 Å². The zero-order valence-electron chi connectivity index (χ0n) is 6.78. The Hall–Kier alpha value is -1.55. The molecule has 2 rings (SSSR count). The number of pyridine rings is 1. The number of hydrogen-bond acceptors (Lipinski definition) is 4. The van der Waals surface area contributed by atoms with Crippen LogP contribution in [0.25, 0.3) is 5.70 Å². The molecule has 62 valence electrons. The van der Waals surface area contributed by atoms with Gasteiger partial charge in [0.25, 0.3) is 0 Å². The lowest BCUT2D eigenvalue weighted by molar-refractivity contribution is 0.330. The number of hydrogen-bond donors (Lipinski definition) is 2. The first-order chi connectivity index (χ1) is 5.86. The molecule has 1 aromatic heterocycles. The first-order valence-electron chi connectivity index (χ1n) is 3.74. The van der Waals surface area contributed by atoms with Crippen LogP contribution >= 0.6 is 0 Å². The first-order valence-corrected chi connectivity index (χ1v) is 3.74. The molecule has 2 N–H and O–H groups in total. The Morgan fingerprint density at radius 2 is 2.33 bits per heavy atom. The maximum atomic E-state index is 4.20. The van der Waals surface area contributed by atoms with Gasteiger partial charge in [-0.2, -0.15) is 0 Å². The maximum absolute atomic E-state index is 4.20. The van der Waals surface area contributed by atoms with E-state index in [1.54, 1.807) is 6.20 Å². The van der Waals surface area contributed by atoms with Crippen LogP contribution in [-0.2, 0) is 0 Å². The monoisotopic (exact) mass is 162 g/mol. The summed E-state index contributed by atoms with van der Waals surface area (Å²) in [5.74, 6) is 0. The third-order valence-corrected chi connectivity index (χ3v) is 1.63.